The van der Waals surface area contributed by atoms with Crippen molar-refractivity contribution in [3.63, 3.8) is 0 Å². The van der Waals surface area contributed by atoms with Gasteiger partial charge in [0.05, 0.1) is 12.5 Å². The van der Waals surface area contributed by atoms with E-state index in [2.05, 4.69) is 25.5 Å². The van der Waals surface area contributed by atoms with Gasteiger partial charge in [-0.15, -0.1) is 5.10 Å². The Labute approximate surface area is 198 Å². The molecule has 184 valence electrons. The summed E-state index contributed by atoms with van der Waals surface area (Å²) in [7, 11) is 1.48. The molecule has 0 saturated carbocycles. The number of anilines is 1. The van der Waals surface area contributed by atoms with Crippen LogP contribution < -0.4 is 16.0 Å². The zero-order valence-corrected chi connectivity index (χ0v) is 19.4. The monoisotopic (exact) mass is 498 g/mol. The maximum Gasteiger partial charge on any atom is 0.391 e. The summed E-state index contributed by atoms with van der Waals surface area (Å²) in [6, 6.07) is 5.44. The van der Waals surface area contributed by atoms with Crippen LogP contribution in [0.3, 0.4) is 0 Å². The highest BCUT2D eigenvalue weighted by Gasteiger charge is 2.42. The Morgan fingerprint density at radius 3 is 2.59 bits per heavy atom. The van der Waals surface area contributed by atoms with Crippen LogP contribution in [0.2, 0.25) is 0 Å². The lowest BCUT2D eigenvalue weighted by atomic mass is 10.1. The van der Waals surface area contributed by atoms with Crippen LogP contribution in [-0.4, -0.2) is 70.1 Å². The number of halogens is 3. The lowest BCUT2D eigenvalue weighted by Crippen LogP contribution is -2.56. The van der Waals surface area contributed by atoms with Gasteiger partial charge >= 0.3 is 6.18 Å². The minimum absolute atomic E-state index is 0.106. The number of hydrogen-bond acceptors (Lipinski definition) is 7. The molecule has 0 bridgehead atoms. The first-order valence-corrected chi connectivity index (χ1v) is 11.4. The molecule has 3 amide bonds. The van der Waals surface area contributed by atoms with Gasteiger partial charge in [-0.1, -0.05) is 34.8 Å². The normalized spacial score (nSPS) is 17.8. The highest BCUT2D eigenvalue weighted by Crippen LogP contribution is 2.30. The Hall–Kier alpha value is -3.06. The molecule has 0 aliphatic carbocycles. The average molecular weight is 499 g/mol. The topological polar surface area (TPSA) is 116 Å². The molecule has 9 nitrogen and oxygen atoms in total. The Morgan fingerprint density at radius 1 is 1.24 bits per heavy atom. The molecule has 0 spiro atoms. The molecule has 0 unspecified atom stereocenters. The first kappa shape index (κ1) is 25.6. The van der Waals surface area contributed by atoms with Crippen molar-refractivity contribution in [3.05, 3.63) is 30.3 Å². The summed E-state index contributed by atoms with van der Waals surface area (Å²) in [6.07, 6.45) is -5.50. The van der Waals surface area contributed by atoms with Gasteiger partial charge in [-0.05, 0) is 26.8 Å². The van der Waals surface area contributed by atoms with Crippen LogP contribution in [-0.2, 0) is 14.4 Å². The molecule has 1 aliphatic heterocycles. The van der Waals surface area contributed by atoms with Gasteiger partial charge in [0.15, 0.2) is 0 Å². The van der Waals surface area contributed by atoms with Gasteiger partial charge in [-0.25, -0.2) is 0 Å². The van der Waals surface area contributed by atoms with E-state index in [0.717, 1.165) is 22.0 Å². The minimum atomic E-state index is -4.69. The predicted octanol–water partition coefficient (Wildman–Crippen LogP) is 2.18. The van der Waals surface area contributed by atoms with E-state index in [0.29, 0.717) is 17.1 Å². The number of likely N-dealkylation sites (tertiary alicyclic amines) is 1. The molecule has 2 heterocycles. The summed E-state index contributed by atoms with van der Waals surface area (Å²) in [4.78, 5) is 39.4. The van der Waals surface area contributed by atoms with Crippen LogP contribution >= 0.6 is 11.5 Å². The summed E-state index contributed by atoms with van der Waals surface area (Å²) in [5.74, 6) is -2.24. The number of rotatable bonds is 8. The SMILES string of the molecule is CN[C@@H](C)C(=O)N[C@H](CC(F)(F)F)C(=O)N1CCC[C@H]1C(=O)Nc1snnc1-c1ccccc1. The Bertz CT molecular complexity index is 1020. The maximum absolute atomic E-state index is 13.2. The lowest BCUT2D eigenvalue weighted by molar-refractivity contribution is -0.157. The van der Waals surface area contributed by atoms with Crippen LogP contribution in [0.5, 0.6) is 0 Å². The molecule has 3 rings (SSSR count). The van der Waals surface area contributed by atoms with E-state index in [1.165, 1.54) is 14.0 Å². The smallest absolute Gasteiger partial charge is 0.343 e. The van der Waals surface area contributed by atoms with Gasteiger partial charge in [-0.3, -0.25) is 14.4 Å². The Morgan fingerprint density at radius 2 is 1.94 bits per heavy atom. The van der Waals surface area contributed by atoms with Crippen molar-refractivity contribution in [2.75, 3.05) is 18.9 Å². The number of carbonyl (C=O) groups is 3. The number of nitrogens with one attached hydrogen (secondary N) is 3. The van der Waals surface area contributed by atoms with Gasteiger partial charge < -0.3 is 20.9 Å². The number of benzene rings is 1. The van der Waals surface area contributed by atoms with E-state index in [4.69, 9.17) is 0 Å². The Kier molecular flexibility index (Phi) is 8.20. The third kappa shape index (κ3) is 6.29. The number of likely N-dealkylation sites (N-methyl/N-ethyl adjacent to an activating group) is 1. The van der Waals surface area contributed by atoms with Gasteiger partial charge in [0, 0.05) is 23.6 Å². The molecule has 1 fully saturated rings. The number of hydrogen-bond donors (Lipinski definition) is 3. The summed E-state index contributed by atoms with van der Waals surface area (Å²) in [6.45, 7) is 1.57. The number of carbonyl (C=O) groups excluding carboxylic acids is 3. The van der Waals surface area contributed by atoms with E-state index in [9.17, 15) is 27.6 Å². The highest BCUT2D eigenvalue weighted by molar-refractivity contribution is 7.10. The number of nitrogens with zero attached hydrogens (tertiary/aromatic N) is 3. The van der Waals surface area contributed by atoms with Crippen molar-refractivity contribution < 1.29 is 27.6 Å². The third-order valence-corrected chi connectivity index (χ3v) is 6.13. The summed E-state index contributed by atoms with van der Waals surface area (Å²) in [5.41, 5.74) is 1.19. The Balaban J connectivity index is 1.76. The number of amides is 3. The number of alkyl halides is 3. The van der Waals surface area contributed by atoms with Crippen LogP contribution in [0.4, 0.5) is 18.2 Å². The fourth-order valence-electron chi connectivity index (χ4n) is 3.62. The second-order valence-corrected chi connectivity index (χ2v) is 8.64. The van der Waals surface area contributed by atoms with Crippen molar-refractivity contribution in [1.29, 1.82) is 0 Å². The van der Waals surface area contributed by atoms with E-state index in [1.54, 1.807) is 12.1 Å². The van der Waals surface area contributed by atoms with Gasteiger partial charge in [0.2, 0.25) is 17.7 Å². The zero-order valence-electron chi connectivity index (χ0n) is 18.6. The summed E-state index contributed by atoms with van der Waals surface area (Å²) < 4.78 is 43.4. The minimum Gasteiger partial charge on any atom is -0.343 e. The largest absolute Gasteiger partial charge is 0.391 e. The maximum atomic E-state index is 13.2. The van der Waals surface area contributed by atoms with E-state index in [1.807, 2.05) is 18.2 Å². The molecule has 13 heteroatoms. The van der Waals surface area contributed by atoms with E-state index < -0.39 is 48.4 Å². The molecule has 0 radical (unpaired) electrons. The predicted molar refractivity (Wildman–Crippen MR) is 120 cm³/mol. The highest BCUT2D eigenvalue weighted by atomic mass is 32.1. The first-order chi connectivity index (χ1) is 16.1. The first-order valence-electron chi connectivity index (χ1n) is 10.6. The van der Waals surface area contributed by atoms with Crippen molar-refractivity contribution >= 4 is 34.3 Å². The summed E-state index contributed by atoms with van der Waals surface area (Å²) >= 11 is 0.960. The number of aromatic nitrogens is 2. The molecule has 1 saturated heterocycles. The molecule has 3 N–H and O–H groups in total. The van der Waals surface area contributed by atoms with Gasteiger partial charge in [0.1, 0.15) is 22.8 Å². The van der Waals surface area contributed by atoms with E-state index >= 15 is 0 Å². The molecular formula is C21H25F3N6O3S. The van der Waals surface area contributed by atoms with E-state index in [-0.39, 0.29) is 13.0 Å². The van der Waals surface area contributed by atoms with Crippen molar-refractivity contribution in [2.24, 2.45) is 0 Å². The molecule has 1 aliphatic rings. The fourth-order valence-corrected chi connectivity index (χ4v) is 4.21. The van der Waals surface area contributed by atoms with Crippen molar-refractivity contribution in [2.45, 2.75) is 50.5 Å². The molecule has 34 heavy (non-hydrogen) atoms. The lowest BCUT2D eigenvalue weighted by Gasteiger charge is -2.29. The van der Waals surface area contributed by atoms with Crippen LogP contribution in [0.25, 0.3) is 11.3 Å². The van der Waals surface area contributed by atoms with Crippen molar-refractivity contribution in [3.8, 4) is 11.3 Å². The zero-order chi connectivity index (χ0) is 24.9. The molecule has 2 aromatic rings. The molecule has 1 aromatic heterocycles. The van der Waals surface area contributed by atoms with Crippen LogP contribution in [0.15, 0.2) is 30.3 Å². The fraction of sp³-hybridized carbons (Fsp3) is 0.476. The summed E-state index contributed by atoms with van der Waals surface area (Å²) in [5, 5.41) is 11.9. The van der Waals surface area contributed by atoms with Crippen LogP contribution in [0.1, 0.15) is 26.2 Å². The second-order valence-electron chi connectivity index (χ2n) is 7.89. The molecule has 3 atom stereocenters. The quantitative estimate of drug-likeness (QED) is 0.514. The third-order valence-electron chi connectivity index (χ3n) is 5.49. The average Bonchev–Trinajstić information content (AvgIpc) is 3.47. The van der Waals surface area contributed by atoms with Crippen LogP contribution in [0, 0.1) is 0 Å². The van der Waals surface area contributed by atoms with Crippen molar-refractivity contribution in [1.82, 2.24) is 25.1 Å². The molecular weight excluding hydrogens is 473 g/mol. The van der Waals surface area contributed by atoms with Gasteiger partial charge in [0.25, 0.3) is 0 Å². The second kappa shape index (κ2) is 10.9. The standard InChI is InChI=1S/C21H25F3N6O3S/c1-12(25-2)17(31)26-14(11-21(22,23)24)20(33)30-10-6-9-15(30)18(32)27-19-16(28-29-34-19)13-7-4-3-5-8-13/h3-5,7-8,12,14-15,25H,6,9-11H2,1-2H3,(H,26,31)(H,27,32)/t12-,14+,15-/m0/s1. The van der Waals surface area contributed by atoms with Gasteiger partial charge in [-0.2, -0.15) is 13.2 Å². The molecule has 1 aromatic carbocycles.